The topological polar surface area (TPSA) is 71.1 Å². The molecule has 0 spiro atoms. The minimum absolute atomic E-state index is 0. The molecule has 0 saturated heterocycles. The Morgan fingerprint density at radius 2 is 0.610 bits per heavy atom. The SMILES string of the molecule is CCCCC(CC)CO[P+](=O)OCC(CC)CCCC.CCCCC(CC)CO[P+](=O)OCC(CC)CCCC.[Co]. The van der Waals surface area contributed by atoms with Crippen LogP contribution in [0.25, 0.3) is 0 Å². The maximum absolute atomic E-state index is 11.7. The second-order valence-electron chi connectivity index (χ2n) is 11.3. The van der Waals surface area contributed by atoms with Gasteiger partial charge in [-0.05, 0) is 49.4 Å². The Balaban J connectivity index is -0.000000688. The zero-order valence-electron chi connectivity index (χ0n) is 28.1. The fraction of sp³-hybridized carbons (Fsp3) is 1.00. The molecular formula is C32H68CoO6P2+2. The largest absolute Gasteiger partial charge is 0.697 e. The van der Waals surface area contributed by atoms with Gasteiger partial charge in [0.2, 0.25) is 0 Å². The van der Waals surface area contributed by atoms with Crippen LogP contribution in [-0.2, 0) is 44.0 Å². The van der Waals surface area contributed by atoms with Gasteiger partial charge in [0.15, 0.2) is 0 Å². The summed E-state index contributed by atoms with van der Waals surface area (Å²) in [7, 11) is -3.87. The summed E-state index contributed by atoms with van der Waals surface area (Å²) in [5, 5.41) is 0. The molecule has 0 aliphatic rings. The molecular weight excluding hydrogens is 601 g/mol. The first kappa shape index (κ1) is 46.0. The molecule has 6 nitrogen and oxygen atoms in total. The first-order chi connectivity index (χ1) is 19.3. The van der Waals surface area contributed by atoms with Crippen LogP contribution in [0.4, 0.5) is 0 Å². The average molecular weight is 670 g/mol. The smallest absolute Gasteiger partial charge is 0.119 e. The van der Waals surface area contributed by atoms with Gasteiger partial charge in [0.1, 0.15) is 26.4 Å². The minimum Gasteiger partial charge on any atom is -0.119 e. The van der Waals surface area contributed by atoms with Crippen LogP contribution in [0.2, 0.25) is 0 Å². The van der Waals surface area contributed by atoms with E-state index in [4.69, 9.17) is 18.1 Å². The second-order valence-corrected chi connectivity index (χ2v) is 13.2. The fourth-order valence-electron chi connectivity index (χ4n) is 4.33. The minimum atomic E-state index is -1.94. The zero-order valence-corrected chi connectivity index (χ0v) is 31.0. The number of hydrogen-bond donors (Lipinski definition) is 0. The van der Waals surface area contributed by atoms with Crippen molar-refractivity contribution in [3.63, 3.8) is 0 Å². The Bertz CT molecular complexity index is 478. The van der Waals surface area contributed by atoms with Gasteiger partial charge >= 0.3 is 16.5 Å². The van der Waals surface area contributed by atoms with Crippen molar-refractivity contribution in [2.75, 3.05) is 26.4 Å². The van der Waals surface area contributed by atoms with Crippen molar-refractivity contribution in [3.8, 4) is 0 Å². The average Bonchev–Trinajstić information content (AvgIpc) is 2.97. The van der Waals surface area contributed by atoms with Crippen LogP contribution in [0, 0.1) is 23.7 Å². The van der Waals surface area contributed by atoms with Gasteiger partial charge in [-0.15, -0.1) is 18.1 Å². The quantitative estimate of drug-likeness (QED) is 0.0772. The Kier molecular flexibility index (Phi) is 39.3. The Labute approximate surface area is 268 Å². The van der Waals surface area contributed by atoms with Gasteiger partial charge in [0.05, 0.1) is 0 Å². The van der Waals surface area contributed by atoms with Crippen LogP contribution < -0.4 is 0 Å². The summed E-state index contributed by atoms with van der Waals surface area (Å²) >= 11 is 0. The number of rotatable bonds is 28. The van der Waals surface area contributed by atoms with Gasteiger partial charge < -0.3 is 0 Å². The maximum atomic E-state index is 11.7. The second kappa shape index (κ2) is 35.0. The van der Waals surface area contributed by atoms with Crippen molar-refractivity contribution in [3.05, 3.63) is 0 Å². The van der Waals surface area contributed by atoms with E-state index in [-0.39, 0.29) is 16.8 Å². The first-order valence-corrected chi connectivity index (χ1v) is 19.0. The third-order valence-corrected chi connectivity index (χ3v) is 9.28. The van der Waals surface area contributed by atoms with Crippen molar-refractivity contribution in [2.45, 2.75) is 158 Å². The molecule has 0 aliphatic carbocycles. The molecule has 1 radical (unpaired) electrons. The molecule has 0 N–H and O–H groups in total. The van der Waals surface area contributed by atoms with Gasteiger partial charge in [-0.2, -0.15) is 0 Å². The summed E-state index contributed by atoms with van der Waals surface area (Å²) < 4.78 is 45.0. The molecule has 0 aromatic carbocycles. The molecule has 0 fully saturated rings. The van der Waals surface area contributed by atoms with Crippen molar-refractivity contribution in [2.24, 2.45) is 23.7 Å². The van der Waals surface area contributed by atoms with E-state index in [2.05, 4.69) is 55.4 Å². The Morgan fingerprint density at radius 3 is 0.756 bits per heavy atom. The maximum Gasteiger partial charge on any atom is 0.697 e. The van der Waals surface area contributed by atoms with E-state index in [1.165, 1.54) is 51.4 Å². The van der Waals surface area contributed by atoms with E-state index < -0.39 is 16.5 Å². The molecule has 249 valence electrons. The molecule has 4 unspecified atom stereocenters. The molecule has 0 aromatic heterocycles. The van der Waals surface area contributed by atoms with Crippen LogP contribution >= 0.6 is 16.5 Å². The van der Waals surface area contributed by atoms with E-state index in [0.717, 1.165) is 51.4 Å². The van der Waals surface area contributed by atoms with E-state index >= 15 is 0 Å². The van der Waals surface area contributed by atoms with E-state index in [1.807, 2.05) is 0 Å². The van der Waals surface area contributed by atoms with Crippen molar-refractivity contribution < 1.29 is 44.0 Å². The molecule has 9 heteroatoms. The fourth-order valence-corrected chi connectivity index (χ4v) is 5.81. The van der Waals surface area contributed by atoms with Crippen molar-refractivity contribution in [1.82, 2.24) is 0 Å². The Hall–Kier alpha value is 0.546. The molecule has 0 bridgehead atoms. The van der Waals surface area contributed by atoms with Gasteiger partial charge in [0.25, 0.3) is 0 Å². The van der Waals surface area contributed by atoms with Gasteiger partial charge in [0, 0.05) is 25.9 Å². The van der Waals surface area contributed by atoms with Crippen molar-refractivity contribution in [1.29, 1.82) is 0 Å². The number of unbranched alkanes of at least 4 members (excludes halogenated alkanes) is 4. The van der Waals surface area contributed by atoms with Crippen LogP contribution in [0.15, 0.2) is 0 Å². The summed E-state index contributed by atoms with van der Waals surface area (Å²) in [5.74, 6) is 2.05. The van der Waals surface area contributed by atoms with E-state index in [9.17, 15) is 9.13 Å². The molecule has 0 aromatic rings. The third-order valence-electron chi connectivity index (χ3n) is 7.84. The monoisotopic (exact) mass is 669 g/mol. The molecule has 0 aliphatic heterocycles. The number of hydrogen-bond acceptors (Lipinski definition) is 6. The van der Waals surface area contributed by atoms with E-state index in [1.54, 1.807) is 0 Å². The zero-order chi connectivity index (χ0) is 30.4. The third kappa shape index (κ3) is 30.4. The predicted molar refractivity (Wildman–Crippen MR) is 172 cm³/mol. The first-order valence-electron chi connectivity index (χ1n) is 16.8. The summed E-state index contributed by atoms with van der Waals surface area (Å²) in [4.78, 5) is 0. The van der Waals surface area contributed by atoms with Crippen LogP contribution in [0.1, 0.15) is 158 Å². The predicted octanol–water partition coefficient (Wildman–Crippen LogP) is 12.2. The van der Waals surface area contributed by atoms with Gasteiger partial charge in [-0.25, -0.2) is 0 Å². The van der Waals surface area contributed by atoms with E-state index in [0.29, 0.717) is 50.1 Å². The molecule has 0 saturated carbocycles. The summed E-state index contributed by atoms with van der Waals surface area (Å²) in [5.41, 5.74) is 0. The molecule has 0 rings (SSSR count). The summed E-state index contributed by atoms with van der Waals surface area (Å²) in [6.45, 7) is 19.7. The van der Waals surface area contributed by atoms with Crippen LogP contribution in [-0.4, -0.2) is 26.4 Å². The summed E-state index contributed by atoms with van der Waals surface area (Å²) in [6.07, 6.45) is 18.6. The van der Waals surface area contributed by atoms with Gasteiger partial charge in [-0.3, -0.25) is 0 Å². The molecule has 4 atom stereocenters. The normalized spacial score (nSPS) is 14.7. The molecule has 0 amide bonds. The molecule has 41 heavy (non-hydrogen) atoms. The van der Waals surface area contributed by atoms with Crippen molar-refractivity contribution >= 4 is 16.5 Å². The summed E-state index contributed by atoms with van der Waals surface area (Å²) in [6, 6.07) is 0. The Morgan fingerprint density at radius 1 is 0.415 bits per heavy atom. The van der Waals surface area contributed by atoms with Crippen LogP contribution in [0.3, 0.4) is 0 Å². The molecule has 0 heterocycles. The standard InChI is InChI=1S/2C16H34O3P.Co/c2*1-5-9-11-15(7-3)13-18-20(17)19-14-16(8-4)12-10-6-2;/h2*15-16H,5-14H2,1-4H3;/q2*+1;. The van der Waals surface area contributed by atoms with Crippen LogP contribution in [0.5, 0.6) is 0 Å². The van der Waals surface area contributed by atoms with Gasteiger partial charge in [-0.1, -0.05) is 132 Å².